The molecule has 2 bridgehead atoms. The molecule has 0 saturated carbocycles. The molecule has 1 aromatic carbocycles. The number of nitrogens with one attached hydrogen (secondary N) is 2. The number of rotatable bonds is 10. The zero-order chi connectivity index (χ0) is 24.5. The summed E-state index contributed by atoms with van der Waals surface area (Å²) in [4.78, 5) is 42.3. The van der Waals surface area contributed by atoms with Gasteiger partial charge in [-0.15, -0.1) is 0 Å². The Kier molecular flexibility index (Phi) is 7.22. The summed E-state index contributed by atoms with van der Waals surface area (Å²) in [6, 6.07) is 5.98. The highest BCUT2D eigenvalue weighted by Crippen LogP contribution is 2.63. The molecule has 3 aliphatic rings. The van der Waals surface area contributed by atoms with Crippen molar-refractivity contribution in [1.29, 1.82) is 0 Å². The van der Waals surface area contributed by atoms with Gasteiger partial charge in [0.2, 0.25) is 17.7 Å². The molecule has 1 spiro atoms. The standard InChI is InChI=1S/C25H34ClN3O5/c1-3-13-27-21(31)18-19-23(33)29(14-5-4-6-15-30)20(25(19)12-11-24(18,2)34-25)22(32)28-17-9-7-16(26)8-10-17/h7-10,18-20,30H,3-6,11-15H2,1-2H3,(H,27,31)(H,28,32)/t18-,19+,20?,24+,25?/m1/s1. The van der Waals surface area contributed by atoms with E-state index in [1.54, 1.807) is 29.2 Å². The number of ether oxygens (including phenoxy) is 1. The summed E-state index contributed by atoms with van der Waals surface area (Å²) in [5.74, 6) is -2.02. The molecule has 4 rings (SSSR count). The van der Waals surface area contributed by atoms with Gasteiger partial charge in [-0.1, -0.05) is 18.5 Å². The Bertz CT molecular complexity index is 941. The monoisotopic (exact) mass is 491 g/mol. The fraction of sp³-hybridized carbons (Fsp3) is 0.640. The first kappa shape index (κ1) is 24.9. The van der Waals surface area contributed by atoms with Gasteiger partial charge in [0.1, 0.15) is 11.6 Å². The number of halogens is 1. The van der Waals surface area contributed by atoms with Crippen LogP contribution in [-0.4, -0.2) is 64.7 Å². The Labute approximate surface area is 205 Å². The number of unbranched alkanes of at least 4 members (excludes halogenated alkanes) is 2. The molecule has 0 radical (unpaired) electrons. The first-order chi connectivity index (χ1) is 16.3. The van der Waals surface area contributed by atoms with Crippen molar-refractivity contribution in [3.8, 4) is 0 Å². The smallest absolute Gasteiger partial charge is 0.250 e. The molecule has 3 fully saturated rings. The molecule has 3 amide bonds. The summed E-state index contributed by atoms with van der Waals surface area (Å²) in [7, 11) is 0. The molecule has 9 heteroatoms. The lowest BCUT2D eigenvalue weighted by molar-refractivity contribution is -0.144. The van der Waals surface area contributed by atoms with Gasteiger partial charge >= 0.3 is 0 Å². The molecule has 1 aromatic rings. The Hall–Kier alpha value is -2.16. The van der Waals surface area contributed by atoms with Gasteiger partial charge in [-0.05, 0) is 69.7 Å². The van der Waals surface area contributed by atoms with Gasteiger partial charge in [0.15, 0.2) is 0 Å². The topological polar surface area (TPSA) is 108 Å². The Morgan fingerprint density at radius 3 is 2.59 bits per heavy atom. The van der Waals surface area contributed by atoms with E-state index in [-0.39, 0.29) is 24.3 Å². The van der Waals surface area contributed by atoms with Crippen molar-refractivity contribution in [2.24, 2.45) is 11.8 Å². The third-order valence-corrected chi connectivity index (χ3v) is 7.78. The van der Waals surface area contributed by atoms with E-state index in [1.807, 2.05) is 13.8 Å². The number of likely N-dealkylation sites (tertiary alicyclic amines) is 1. The number of hydrogen-bond acceptors (Lipinski definition) is 5. The second-order valence-electron chi connectivity index (χ2n) is 9.83. The Morgan fingerprint density at radius 2 is 1.91 bits per heavy atom. The SMILES string of the molecule is CCCNC(=O)[C@H]1[C@H]2C(=O)N(CCCCCO)C(C(=O)Nc3ccc(Cl)cc3)C23CC[C@]1(C)O3. The predicted molar refractivity (Wildman–Crippen MR) is 128 cm³/mol. The van der Waals surface area contributed by atoms with Gasteiger partial charge in [0, 0.05) is 30.4 Å². The van der Waals surface area contributed by atoms with Gasteiger partial charge in [-0.2, -0.15) is 0 Å². The van der Waals surface area contributed by atoms with Crippen molar-refractivity contribution in [1.82, 2.24) is 10.2 Å². The summed E-state index contributed by atoms with van der Waals surface area (Å²) in [6.45, 7) is 4.86. The number of benzene rings is 1. The molecule has 3 heterocycles. The second kappa shape index (κ2) is 9.84. The van der Waals surface area contributed by atoms with Gasteiger partial charge in [-0.3, -0.25) is 14.4 Å². The molecule has 3 N–H and O–H groups in total. The minimum absolute atomic E-state index is 0.0854. The van der Waals surface area contributed by atoms with Crippen molar-refractivity contribution < 1.29 is 24.2 Å². The van der Waals surface area contributed by atoms with Crippen LogP contribution in [0.1, 0.15) is 52.4 Å². The minimum atomic E-state index is -1.03. The highest BCUT2D eigenvalue weighted by atomic mass is 35.5. The average Bonchev–Trinajstić information content (AvgIpc) is 3.37. The number of amides is 3. The highest BCUT2D eigenvalue weighted by molar-refractivity contribution is 6.30. The van der Waals surface area contributed by atoms with E-state index in [0.29, 0.717) is 49.5 Å². The highest BCUT2D eigenvalue weighted by Gasteiger charge is 2.77. The fourth-order valence-corrected chi connectivity index (χ4v) is 6.17. The van der Waals surface area contributed by atoms with Crippen LogP contribution in [0.25, 0.3) is 0 Å². The second-order valence-corrected chi connectivity index (χ2v) is 10.3. The van der Waals surface area contributed by atoms with Crippen LogP contribution in [0.5, 0.6) is 0 Å². The van der Waals surface area contributed by atoms with Crippen LogP contribution >= 0.6 is 11.6 Å². The Balaban J connectivity index is 1.65. The number of fused-ring (bicyclic) bond motifs is 1. The maximum Gasteiger partial charge on any atom is 0.250 e. The number of aliphatic hydroxyl groups is 1. The summed E-state index contributed by atoms with van der Waals surface area (Å²) in [5, 5.41) is 15.6. The quantitative estimate of drug-likeness (QED) is 0.436. The summed E-state index contributed by atoms with van der Waals surface area (Å²) >= 11 is 5.98. The number of anilines is 1. The average molecular weight is 492 g/mol. The molecule has 8 nitrogen and oxygen atoms in total. The van der Waals surface area contributed by atoms with E-state index >= 15 is 0 Å². The number of hydrogen-bond donors (Lipinski definition) is 3. The van der Waals surface area contributed by atoms with Crippen molar-refractivity contribution >= 4 is 35.0 Å². The Morgan fingerprint density at radius 1 is 1.18 bits per heavy atom. The molecular formula is C25H34ClN3O5. The van der Waals surface area contributed by atoms with E-state index in [4.69, 9.17) is 21.4 Å². The van der Waals surface area contributed by atoms with E-state index in [9.17, 15) is 14.4 Å². The molecule has 2 unspecified atom stereocenters. The molecule has 3 aliphatic heterocycles. The third-order valence-electron chi connectivity index (χ3n) is 7.53. The van der Waals surface area contributed by atoms with Gasteiger partial charge < -0.3 is 25.4 Å². The largest absolute Gasteiger partial charge is 0.396 e. The van der Waals surface area contributed by atoms with E-state index in [0.717, 1.165) is 12.8 Å². The van der Waals surface area contributed by atoms with Crippen LogP contribution in [0.3, 0.4) is 0 Å². The number of nitrogens with zero attached hydrogens (tertiary/aromatic N) is 1. The van der Waals surface area contributed by atoms with Crippen LogP contribution in [0.4, 0.5) is 5.69 Å². The normalized spacial score (nSPS) is 31.6. The van der Waals surface area contributed by atoms with E-state index < -0.39 is 29.1 Å². The summed E-state index contributed by atoms with van der Waals surface area (Å²) in [6.07, 6.45) is 3.98. The molecular weight excluding hydrogens is 458 g/mol. The van der Waals surface area contributed by atoms with E-state index in [1.165, 1.54) is 0 Å². The van der Waals surface area contributed by atoms with Crippen LogP contribution in [0.15, 0.2) is 24.3 Å². The van der Waals surface area contributed by atoms with Crippen LogP contribution in [0.2, 0.25) is 5.02 Å². The number of aliphatic hydroxyl groups excluding tert-OH is 1. The molecule has 34 heavy (non-hydrogen) atoms. The predicted octanol–water partition coefficient (Wildman–Crippen LogP) is 2.73. The molecule has 186 valence electrons. The molecule has 5 atom stereocenters. The van der Waals surface area contributed by atoms with Gasteiger partial charge in [0.05, 0.1) is 17.4 Å². The number of carbonyl (C=O) groups is 3. The molecule has 3 saturated heterocycles. The maximum atomic E-state index is 13.8. The maximum absolute atomic E-state index is 13.8. The van der Waals surface area contributed by atoms with Crippen molar-refractivity contribution in [2.75, 3.05) is 25.0 Å². The van der Waals surface area contributed by atoms with Gasteiger partial charge in [-0.25, -0.2) is 0 Å². The molecule has 0 aliphatic carbocycles. The minimum Gasteiger partial charge on any atom is -0.396 e. The lowest BCUT2D eigenvalue weighted by Crippen LogP contribution is -2.53. The first-order valence-electron chi connectivity index (χ1n) is 12.2. The fourth-order valence-electron chi connectivity index (χ4n) is 6.04. The van der Waals surface area contributed by atoms with Crippen LogP contribution in [0, 0.1) is 11.8 Å². The summed E-state index contributed by atoms with van der Waals surface area (Å²) in [5.41, 5.74) is -1.23. The van der Waals surface area contributed by atoms with Gasteiger partial charge in [0.25, 0.3) is 0 Å². The zero-order valence-corrected chi connectivity index (χ0v) is 20.6. The lowest BCUT2D eigenvalue weighted by Gasteiger charge is -2.33. The third kappa shape index (κ3) is 4.20. The molecule has 0 aromatic heterocycles. The van der Waals surface area contributed by atoms with Crippen molar-refractivity contribution in [3.05, 3.63) is 29.3 Å². The summed E-state index contributed by atoms with van der Waals surface area (Å²) < 4.78 is 6.56. The lowest BCUT2D eigenvalue weighted by atomic mass is 9.66. The van der Waals surface area contributed by atoms with Crippen LogP contribution < -0.4 is 10.6 Å². The van der Waals surface area contributed by atoms with E-state index in [2.05, 4.69) is 10.6 Å². The first-order valence-corrected chi connectivity index (χ1v) is 12.6. The number of carbonyl (C=O) groups excluding carboxylic acids is 3. The van der Waals surface area contributed by atoms with Crippen LogP contribution in [-0.2, 0) is 19.1 Å². The van der Waals surface area contributed by atoms with Crippen molar-refractivity contribution in [2.45, 2.75) is 69.6 Å². The zero-order valence-electron chi connectivity index (χ0n) is 19.8. The van der Waals surface area contributed by atoms with Crippen molar-refractivity contribution in [3.63, 3.8) is 0 Å².